The second kappa shape index (κ2) is 10.4. The van der Waals surface area contributed by atoms with Gasteiger partial charge in [-0.05, 0) is 183 Å². The molecular formula is C58H35N. The molecule has 0 aliphatic heterocycles. The van der Waals surface area contributed by atoms with Gasteiger partial charge in [-0.25, -0.2) is 4.85 Å². The second-order valence-electron chi connectivity index (χ2n) is 18.2. The van der Waals surface area contributed by atoms with Gasteiger partial charge in [-0.1, -0.05) is 142 Å². The fraction of sp³-hybridized carbons (Fsp3) is 0.0862. The van der Waals surface area contributed by atoms with E-state index in [4.69, 9.17) is 6.57 Å². The molecule has 0 radical (unpaired) electrons. The minimum absolute atomic E-state index is 0.0788. The van der Waals surface area contributed by atoms with E-state index in [2.05, 4.69) is 166 Å². The van der Waals surface area contributed by atoms with Gasteiger partial charge in [0.2, 0.25) is 0 Å². The van der Waals surface area contributed by atoms with Crippen LogP contribution in [0.3, 0.4) is 0 Å². The Hall–Kier alpha value is -7.27. The largest absolute Gasteiger partial charge is 0.238 e. The van der Waals surface area contributed by atoms with Crippen LogP contribution in [-0.4, -0.2) is 0 Å². The molecule has 0 spiro atoms. The molecule has 0 saturated heterocycles. The van der Waals surface area contributed by atoms with Crippen LogP contribution in [0.5, 0.6) is 0 Å². The smallest absolute Gasteiger partial charge is 0.187 e. The van der Waals surface area contributed by atoms with Gasteiger partial charge in [0.05, 0.1) is 6.57 Å². The van der Waals surface area contributed by atoms with E-state index >= 15 is 0 Å². The fourth-order valence-corrected chi connectivity index (χ4v) is 11.8. The topological polar surface area (TPSA) is 4.36 Å². The molecule has 1 nitrogen and oxygen atoms in total. The molecule has 14 rings (SSSR count). The van der Waals surface area contributed by atoms with Gasteiger partial charge < -0.3 is 0 Å². The fourth-order valence-electron chi connectivity index (χ4n) is 11.8. The first-order valence-corrected chi connectivity index (χ1v) is 20.8. The minimum atomic E-state index is 0.0788. The summed E-state index contributed by atoms with van der Waals surface area (Å²) in [6.45, 7) is 17.2. The van der Waals surface area contributed by atoms with Crippen LogP contribution in [0.25, 0.3) is 146 Å². The zero-order chi connectivity index (χ0) is 39.2. The maximum atomic E-state index is 8.01. The zero-order valence-corrected chi connectivity index (χ0v) is 33.2. The first kappa shape index (κ1) is 31.8. The van der Waals surface area contributed by atoms with Gasteiger partial charge in [-0.2, -0.15) is 0 Å². The van der Waals surface area contributed by atoms with Crippen LogP contribution in [-0.2, 0) is 5.41 Å². The number of hydrogen-bond donors (Lipinski definition) is 0. The van der Waals surface area contributed by atoms with Crippen molar-refractivity contribution in [3.05, 3.63) is 162 Å². The highest BCUT2D eigenvalue weighted by Gasteiger charge is 2.30. The molecule has 0 bridgehead atoms. The van der Waals surface area contributed by atoms with Gasteiger partial charge in [-0.15, -0.1) is 0 Å². The first-order chi connectivity index (χ1) is 28.8. The molecule has 0 saturated carbocycles. The normalized spacial score (nSPS) is 13.1. The lowest BCUT2D eigenvalue weighted by Gasteiger charge is -2.20. The predicted octanol–water partition coefficient (Wildman–Crippen LogP) is 17.0. The summed E-state index contributed by atoms with van der Waals surface area (Å²) in [4.78, 5) is 3.93. The molecule has 13 aromatic carbocycles. The Kier molecular flexibility index (Phi) is 5.61. The highest BCUT2D eigenvalue weighted by atomic mass is 14.6. The van der Waals surface area contributed by atoms with Crippen LogP contribution >= 0.6 is 0 Å². The Bertz CT molecular complexity index is 4090. The standard InChI is InChI=1S/C58H35N/c1-29-10-6-8-12-33(29)48-47-26-30-11-7-9-13-34(30)49-46-28-32(59-5)15-17-42(46)54(57(47)49)56-44-25-23-40-38-20-21-41-45-27-31(58(2,3)4)14-16-35(45)36-18-19-37(51(38)50(36)41)39-22-24-43(55(48)56)53(44)52(39)40/h6-28H,1-4H3. The molecular weight excluding hydrogens is 711 g/mol. The van der Waals surface area contributed by atoms with Crippen molar-refractivity contribution in [2.24, 2.45) is 0 Å². The summed E-state index contributed by atoms with van der Waals surface area (Å²) in [6.07, 6.45) is 0. The van der Waals surface area contributed by atoms with Crippen molar-refractivity contribution < 1.29 is 0 Å². The van der Waals surface area contributed by atoms with Gasteiger partial charge in [0.1, 0.15) is 0 Å². The van der Waals surface area contributed by atoms with Gasteiger partial charge >= 0.3 is 0 Å². The van der Waals surface area contributed by atoms with Crippen molar-refractivity contribution in [3.63, 3.8) is 0 Å². The molecule has 1 heteroatoms. The molecule has 0 amide bonds. The van der Waals surface area contributed by atoms with E-state index in [1.807, 2.05) is 6.07 Å². The lowest BCUT2D eigenvalue weighted by Crippen LogP contribution is -2.10. The van der Waals surface area contributed by atoms with Crippen molar-refractivity contribution in [1.82, 2.24) is 0 Å². The van der Waals surface area contributed by atoms with Crippen molar-refractivity contribution in [2.75, 3.05) is 0 Å². The van der Waals surface area contributed by atoms with E-state index in [1.165, 1.54) is 152 Å². The number of benzene rings is 11. The number of nitrogens with zero attached hydrogens (tertiary/aromatic N) is 1. The number of hydrogen-bond acceptors (Lipinski definition) is 0. The third-order valence-electron chi connectivity index (χ3n) is 14.3. The lowest BCUT2D eigenvalue weighted by molar-refractivity contribution is 0.590. The van der Waals surface area contributed by atoms with Crippen LogP contribution in [0.1, 0.15) is 31.9 Å². The van der Waals surface area contributed by atoms with E-state index in [0.717, 1.165) is 0 Å². The van der Waals surface area contributed by atoms with Crippen LogP contribution in [0.15, 0.2) is 140 Å². The number of rotatable bonds is 1. The highest BCUT2D eigenvalue weighted by Crippen LogP contribution is 2.58. The van der Waals surface area contributed by atoms with Crippen LogP contribution < -0.4 is 0 Å². The molecule has 1 aliphatic rings. The van der Waals surface area contributed by atoms with Gasteiger partial charge in [0.15, 0.2) is 5.69 Å². The summed E-state index contributed by atoms with van der Waals surface area (Å²) in [5, 5.41) is 26.1. The molecule has 0 aromatic heterocycles. The van der Waals surface area contributed by atoms with Gasteiger partial charge in [-0.3, -0.25) is 0 Å². The Morgan fingerprint density at radius 2 is 0.915 bits per heavy atom. The Balaban J connectivity index is 1.21. The van der Waals surface area contributed by atoms with E-state index in [1.54, 1.807) is 0 Å². The molecule has 0 fully saturated rings. The zero-order valence-electron chi connectivity index (χ0n) is 33.2. The first-order valence-electron chi connectivity index (χ1n) is 20.8. The monoisotopic (exact) mass is 745 g/mol. The Morgan fingerprint density at radius 3 is 1.66 bits per heavy atom. The molecule has 272 valence electrons. The Labute approximate surface area is 340 Å². The van der Waals surface area contributed by atoms with E-state index in [0.29, 0.717) is 5.69 Å². The average Bonchev–Trinajstić information content (AvgIpc) is 3.89. The van der Waals surface area contributed by atoms with Gasteiger partial charge in [0.25, 0.3) is 0 Å². The summed E-state index contributed by atoms with van der Waals surface area (Å²) in [7, 11) is 0. The average molecular weight is 746 g/mol. The van der Waals surface area contributed by atoms with Crippen molar-refractivity contribution >= 4 is 113 Å². The van der Waals surface area contributed by atoms with Crippen molar-refractivity contribution in [3.8, 4) is 33.4 Å². The molecule has 59 heavy (non-hydrogen) atoms. The summed E-state index contributed by atoms with van der Waals surface area (Å²) in [5.41, 5.74) is 11.4. The highest BCUT2D eigenvalue weighted by molar-refractivity contribution is 6.52. The van der Waals surface area contributed by atoms with E-state index in [9.17, 15) is 0 Å². The summed E-state index contributed by atoms with van der Waals surface area (Å²) < 4.78 is 0. The predicted molar refractivity (Wildman–Crippen MR) is 255 cm³/mol. The molecule has 0 unspecified atom stereocenters. The van der Waals surface area contributed by atoms with Crippen LogP contribution in [0.4, 0.5) is 5.69 Å². The van der Waals surface area contributed by atoms with Crippen molar-refractivity contribution in [2.45, 2.75) is 33.1 Å². The van der Waals surface area contributed by atoms with Crippen molar-refractivity contribution in [1.29, 1.82) is 0 Å². The summed E-state index contributed by atoms with van der Waals surface area (Å²) >= 11 is 0. The maximum Gasteiger partial charge on any atom is 0.187 e. The lowest BCUT2D eigenvalue weighted by atomic mass is 9.85. The maximum absolute atomic E-state index is 8.01. The van der Waals surface area contributed by atoms with Crippen LogP contribution in [0, 0.1) is 13.5 Å². The quantitative estimate of drug-likeness (QED) is 0.0895. The minimum Gasteiger partial charge on any atom is -0.238 e. The number of aryl methyl sites for hydroxylation is 1. The SMILES string of the molecule is [C-]#[N+]c1ccc2c(c1)c1c3ccccc3cc3c(-c4ccccc4C)c4c5ccc6c7ccc8c9c(ccc(c%10ccc(c5c6%10)c4c2c31)c97)-c1cc(C(C)(C)C)ccc1-8. The van der Waals surface area contributed by atoms with E-state index < -0.39 is 0 Å². The van der Waals surface area contributed by atoms with Crippen LogP contribution in [0.2, 0.25) is 0 Å². The van der Waals surface area contributed by atoms with E-state index in [-0.39, 0.29) is 5.41 Å². The molecule has 13 aromatic rings. The Morgan fingerprint density at radius 1 is 0.373 bits per heavy atom. The summed E-state index contributed by atoms with van der Waals surface area (Å²) in [6, 6.07) is 53.0. The summed E-state index contributed by atoms with van der Waals surface area (Å²) in [5.74, 6) is 0. The third kappa shape index (κ3) is 3.69. The molecule has 0 heterocycles. The van der Waals surface area contributed by atoms with Gasteiger partial charge in [0, 0.05) is 0 Å². The number of fused-ring (bicyclic) bond motifs is 14. The second-order valence-corrected chi connectivity index (χ2v) is 18.2. The molecule has 0 atom stereocenters. The molecule has 0 N–H and O–H groups in total. The third-order valence-corrected chi connectivity index (χ3v) is 14.3. The molecule has 1 aliphatic carbocycles.